The number of rotatable bonds is 4. The number of nitrogens with zero attached hydrogens (tertiary/aromatic N) is 1. The Kier molecular flexibility index (Phi) is 4.65. The Bertz CT molecular complexity index is 905. The van der Waals surface area contributed by atoms with E-state index in [0.29, 0.717) is 10.6 Å². The van der Waals surface area contributed by atoms with Crippen LogP contribution in [0.4, 0.5) is 14.9 Å². The summed E-state index contributed by atoms with van der Waals surface area (Å²) in [6.07, 6.45) is 0. The van der Waals surface area contributed by atoms with Gasteiger partial charge in [0.2, 0.25) is 5.91 Å². The van der Waals surface area contributed by atoms with E-state index < -0.39 is 35.7 Å². The number of para-hydroxylation sites is 1. The normalized spacial score (nSPS) is 19.4. The average molecular weight is 376 g/mol. The van der Waals surface area contributed by atoms with Crippen molar-refractivity contribution in [3.05, 3.63) is 64.9 Å². The Morgan fingerprint density at radius 3 is 2.54 bits per heavy atom. The van der Waals surface area contributed by atoms with Crippen LogP contribution < -0.4 is 10.6 Å². The maximum Gasteiger partial charge on any atom is 0.325 e. The van der Waals surface area contributed by atoms with Crippen molar-refractivity contribution < 1.29 is 18.8 Å². The van der Waals surface area contributed by atoms with Crippen molar-refractivity contribution in [2.75, 3.05) is 11.9 Å². The molecule has 26 heavy (non-hydrogen) atoms. The number of imide groups is 1. The van der Waals surface area contributed by atoms with Gasteiger partial charge in [-0.05, 0) is 25.1 Å². The summed E-state index contributed by atoms with van der Waals surface area (Å²) in [7, 11) is 0. The fraction of sp³-hybridized carbons (Fsp3) is 0.167. The van der Waals surface area contributed by atoms with Crippen LogP contribution in [0.5, 0.6) is 0 Å². The van der Waals surface area contributed by atoms with Gasteiger partial charge in [-0.2, -0.15) is 0 Å². The van der Waals surface area contributed by atoms with Gasteiger partial charge in [-0.3, -0.25) is 14.5 Å². The van der Waals surface area contributed by atoms with Gasteiger partial charge in [0.1, 0.15) is 17.9 Å². The number of amides is 4. The molecule has 4 amide bonds. The van der Waals surface area contributed by atoms with E-state index in [1.165, 1.54) is 25.1 Å². The Hall–Kier alpha value is -2.93. The minimum absolute atomic E-state index is 0.0292. The zero-order valence-corrected chi connectivity index (χ0v) is 14.5. The Balaban J connectivity index is 1.78. The van der Waals surface area contributed by atoms with Crippen LogP contribution in [0.1, 0.15) is 12.5 Å². The third-order valence-corrected chi connectivity index (χ3v) is 4.47. The molecule has 0 aromatic heterocycles. The van der Waals surface area contributed by atoms with Crippen LogP contribution in [0.15, 0.2) is 48.5 Å². The van der Waals surface area contributed by atoms with Crippen LogP contribution in [0.25, 0.3) is 0 Å². The van der Waals surface area contributed by atoms with Crippen molar-refractivity contribution >= 4 is 35.1 Å². The fourth-order valence-corrected chi connectivity index (χ4v) is 3.11. The first kappa shape index (κ1) is 17.9. The lowest BCUT2D eigenvalue weighted by molar-refractivity contribution is -0.133. The number of carbonyl (C=O) groups is 3. The predicted octanol–water partition coefficient (Wildman–Crippen LogP) is 2.88. The lowest BCUT2D eigenvalue weighted by Gasteiger charge is -2.23. The SMILES string of the molecule is CC1(c2ccccc2Cl)NC(=O)N(CC(=O)Nc2ccccc2F)C1=O. The molecular weight excluding hydrogens is 361 g/mol. The van der Waals surface area contributed by atoms with E-state index in [0.717, 1.165) is 4.90 Å². The molecule has 2 aromatic carbocycles. The van der Waals surface area contributed by atoms with E-state index in [1.54, 1.807) is 30.3 Å². The molecular formula is C18H15ClFN3O3. The number of carbonyl (C=O) groups excluding carboxylic acids is 3. The molecule has 6 nitrogen and oxygen atoms in total. The van der Waals surface area contributed by atoms with Gasteiger partial charge in [0.25, 0.3) is 5.91 Å². The molecule has 1 saturated heterocycles. The zero-order valence-electron chi connectivity index (χ0n) is 13.8. The van der Waals surface area contributed by atoms with E-state index in [2.05, 4.69) is 10.6 Å². The summed E-state index contributed by atoms with van der Waals surface area (Å²) < 4.78 is 13.6. The summed E-state index contributed by atoms with van der Waals surface area (Å²) in [5.41, 5.74) is -0.983. The second-order valence-corrected chi connectivity index (χ2v) is 6.36. The number of benzene rings is 2. The molecule has 1 heterocycles. The maximum absolute atomic E-state index is 13.6. The van der Waals surface area contributed by atoms with Crippen molar-refractivity contribution in [2.45, 2.75) is 12.5 Å². The maximum atomic E-state index is 13.6. The highest BCUT2D eigenvalue weighted by atomic mass is 35.5. The zero-order chi connectivity index (χ0) is 18.9. The number of hydrogen-bond acceptors (Lipinski definition) is 3. The number of nitrogens with one attached hydrogen (secondary N) is 2. The highest BCUT2D eigenvalue weighted by Crippen LogP contribution is 2.33. The lowest BCUT2D eigenvalue weighted by atomic mass is 9.92. The molecule has 0 saturated carbocycles. The summed E-state index contributed by atoms with van der Waals surface area (Å²) in [5, 5.41) is 5.23. The molecule has 8 heteroatoms. The van der Waals surface area contributed by atoms with Crippen LogP contribution in [-0.4, -0.2) is 29.3 Å². The predicted molar refractivity (Wildman–Crippen MR) is 94.1 cm³/mol. The van der Waals surface area contributed by atoms with Gasteiger partial charge in [-0.1, -0.05) is 41.9 Å². The molecule has 2 N–H and O–H groups in total. The van der Waals surface area contributed by atoms with E-state index in [9.17, 15) is 18.8 Å². The quantitative estimate of drug-likeness (QED) is 0.806. The van der Waals surface area contributed by atoms with Gasteiger partial charge >= 0.3 is 6.03 Å². The fourth-order valence-electron chi connectivity index (χ4n) is 2.79. The first-order valence-corrected chi connectivity index (χ1v) is 8.14. The average Bonchev–Trinajstić information content (AvgIpc) is 2.81. The number of halogens is 2. The molecule has 134 valence electrons. The van der Waals surface area contributed by atoms with E-state index >= 15 is 0 Å². The molecule has 1 unspecified atom stereocenters. The van der Waals surface area contributed by atoms with Crippen molar-refractivity contribution in [3.63, 3.8) is 0 Å². The number of urea groups is 1. The van der Waals surface area contributed by atoms with Gasteiger partial charge in [-0.25, -0.2) is 9.18 Å². The van der Waals surface area contributed by atoms with Crippen molar-refractivity contribution in [1.82, 2.24) is 10.2 Å². The first-order chi connectivity index (χ1) is 12.3. The molecule has 3 rings (SSSR count). The molecule has 2 aromatic rings. The second kappa shape index (κ2) is 6.76. The Morgan fingerprint density at radius 2 is 1.85 bits per heavy atom. The van der Waals surface area contributed by atoms with Crippen LogP contribution in [-0.2, 0) is 15.1 Å². The molecule has 1 aliphatic rings. The lowest BCUT2D eigenvalue weighted by Crippen LogP contribution is -2.42. The number of hydrogen-bond donors (Lipinski definition) is 2. The van der Waals surface area contributed by atoms with E-state index in [4.69, 9.17) is 11.6 Å². The van der Waals surface area contributed by atoms with Crippen molar-refractivity contribution in [1.29, 1.82) is 0 Å². The first-order valence-electron chi connectivity index (χ1n) is 7.76. The second-order valence-electron chi connectivity index (χ2n) is 5.95. The molecule has 0 radical (unpaired) electrons. The van der Waals surface area contributed by atoms with Gasteiger partial charge < -0.3 is 10.6 Å². The van der Waals surface area contributed by atoms with Gasteiger partial charge in [0.15, 0.2) is 0 Å². The summed E-state index contributed by atoms with van der Waals surface area (Å²) in [6.45, 7) is 0.974. The summed E-state index contributed by atoms with van der Waals surface area (Å²) in [6, 6.07) is 11.5. The molecule has 0 aliphatic carbocycles. The molecule has 1 atom stereocenters. The summed E-state index contributed by atoms with van der Waals surface area (Å²) >= 11 is 6.14. The minimum atomic E-state index is -1.38. The topological polar surface area (TPSA) is 78.5 Å². The smallest absolute Gasteiger partial charge is 0.322 e. The summed E-state index contributed by atoms with van der Waals surface area (Å²) in [4.78, 5) is 37.9. The van der Waals surface area contributed by atoms with Crippen LogP contribution in [0, 0.1) is 5.82 Å². The highest BCUT2D eigenvalue weighted by Gasteiger charge is 2.50. The minimum Gasteiger partial charge on any atom is -0.322 e. The molecule has 1 fully saturated rings. The van der Waals surface area contributed by atoms with Gasteiger partial charge in [0, 0.05) is 10.6 Å². The Labute approximate surface area is 153 Å². The van der Waals surface area contributed by atoms with Crippen LogP contribution in [0.3, 0.4) is 0 Å². The number of anilines is 1. The van der Waals surface area contributed by atoms with Gasteiger partial charge in [0.05, 0.1) is 5.69 Å². The molecule has 0 spiro atoms. The largest absolute Gasteiger partial charge is 0.325 e. The monoisotopic (exact) mass is 375 g/mol. The Morgan fingerprint density at radius 1 is 1.19 bits per heavy atom. The van der Waals surface area contributed by atoms with Crippen molar-refractivity contribution in [2.24, 2.45) is 0 Å². The summed E-state index contributed by atoms with van der Waals surface area (Å²) in [5.74, 6) is -1.92. The van der Waals surface area contributed by atoms with Crippen molar-refractivity contribution in [3.8, 4) is 0 Å². The standard InChI is InChI=1S/C18H15ClFN3O3/c1-18(11-6-2-3-7-12(11)19)16(25)23(17(26)22-18)10-15(24)21-14-9-5-4-8-13(14)20/h2-9H,10H2,1H3,(H,21,24)(H,22,26). The third kappa shape index (κ3) is 3.13. The molecule has 1 aliphatic heterocycles. The third-order valence-electron chi connectivity index (χ3n) is 4.14. The molecule has 0 bridgehead atoms. The van der Waals surface area contributed by atoms with Crippen LogP contribution in [0.2, 0.25) is 5.02 Å². The van der Waals surface area contributed by atoms with Crippen LogP contribution >= 0.6 is 11.6 Å². The van der Waals surface area contributed by atoms with E-state index in [-0.39, 0.29) is 5.69 Å². The highest BCUT2D eigenvalue weighted by molar-refractivity contribution is 6.32. The van der Waals surface area contributed by atoms with E-state index in [1.807, 2.05) is 0 Å². The van der Waals surface area contributed by atoms with Gasteiger partial charge in [-0.15, -0.1) is 0 Å².